The third-order valence-corrected chi connectivity index (χ3v) is 6.81. The van der Waals surface area contributed by atoms with Gasteiger partial charge in [0.05, 0.1) is 4.90 Å². The number of hydrogen-bond donors (Lipinski definition) is 2. The summed E-state index contributed by atoms with van der Waals surface area (Å²) in [5.74, 6) is 0.108. The summed E-state index contributed by atoms with van der Waals surface area (Å²) in [5, 5.41) is 3.58. The molecule has 0 saturated heterocycles. The van der Waals surface area contributed by atoms with Gasteiger partial charge in [-0.1, -0.05) is 41.4 Å². The highest BCUT2D eigenvalue weighted by molar-refractivity contribution is 7.92. The molecule has 0 spiro atoms. The summed E-state index contributed by atoms with van der Waals surface area (Å²) in [6.07, 6.45) is 0.807. The Morgan fingerprint density at radius 2 is 1.50 bits per heavy atom. The third-order valence-electron chi connectivity index (χ3n) is 5.16. The lowest BCUT2D eigenvalue weighted by molar-refractivity contribution is -0.117. The first kappa shape index (κ1) is 20.4. The van der Waals surface area contributed by atoms with E-state index in [-0.39, 0.29) is 22.6 Å². The molecule has 7 heteroatoms. The molecule has 0 aromatic heterocycles. The van der Waals surface area contributed by atoms with Gasteiger partial charge in [0, 0.05) is 22.3 Å². The summed E-state index contributed by atoms with van der Waals surface area (Å²) in [6, 6.07) is 20.8. The summed E-state index contributed by atoms with van der Waals surface area (Å²) >= 11 is 5.91. The van der Waals surface area contributed by atoms with E-state index < -0.39 is 10.0 Å². The minimum atomic E-state index is -3.66. The summed E-state index contributed by atoms with van der Waals surface area (Å²) in [5.41, 5.74) is 3.16. The first-order chi connectivity index (χ1) is 14.3. The molecule has 0 heterocycles. The second kappa shape index (κ2) is 8.13. The number of carbonyl (C=O) groups is 1. The number of halogens is 1. The molecule has 2 unspecified atom stereocenters. The number of rotatable bonds is 6. The van der Waals surface area contributed by atoms with Crippen molar-refractivity contribution in [3.8, 4) is 0 Å². The molecule has 0 radical (unpaired) electrons. The fourth-order valence-corrected chi connectivity index (χ4v) is 4.54. The van der Waals surface area contributed by atoms with Crippen LogP contribution in [0, 0.1) is 12.8 Å². The van der Waals surface area contributed by atoms with Crippen molar-refractivity contribution in [2.75, 3.05) is 10.0 Å². The Balaban J connectivity index is 1.36. The Bertz CT molecular complexity index is 1160. The molecule has 3 aromatic rings. The van der Waals surface area contributed by atoms with Crippen molar-refractivity contribution < 1.29 is 13.2 Å². The maximum atomic E-state index is 12.5. The van der Waals surface area contributed by atoms with Gasteiger partial charge < -0.3 is 5.32 Å². The first-order valence-electron chi connectivity index (χ1n) is 9.58. The van der Waals surface area contributed by atoms with Gasteiger partial charge in [0.15, 0.2) is 0 Å². The normalized spacial score (nSPS) is 17.9. The Labute approximate surface area is 181 Å². The largest absolute Gasteiger partial charge is 0.326 e. The van der Waals surface area contributed by atoms with Crippen molar-refractivity contribution in [2.24, 2.45) is 5.92 Å². The molecule has 154 valence electrons. The van der Waals surface area contributed by atoms with Crippen LogP contribution < -0.4 is 10.0 Å². The Kier molecular flexibility index (Phi) is 5.54. The number of benzene rings is 3. The average molecular weight is 441 g/mol. The van der Waals surface area contributed by atoms with Crippen LogP contribution in [0.5, 0.6) is 0 Å². The van der Waals surface area contributed by atoms with Crippen LogP contribution in [0.1, 0.15) is 23.5 Å². The van der Waals surface area contributed by atoms with Crippen molar-refractivity contribution in [3.63, 3.8) is 0 Å². The van der Waals surface area contributed by atoms with Gasteiger partial charge in [0.1, 0.15) is 0 Å². The quantitative estimate of drug-likeness (QED) is 0.553. The first-order valence-corrected chi connectivity index (χ1v) is 11.4. The fraction of sp³-hybridized carbons (Fsp3) is 0.174. The molecule has 2 N–H and O–H groups in total. The van der Waals surface area contributed by atoms with Gasteiger partial charge >= 0.3 is 0 Å². The van der Waals surface area contributed by atoms with E-state index in [1.807, 2.05) is 31.2 Å². The van der Waals surface area contributed by atoms with Gasteiger partial charge in [-0.2, -0.15) is 0 Å². The van der Waals surface area contributed by atoms with Gasteiger partial charge in [-0.05, 0) is 73.4 Å². The number of hydrogen-bond acceptors (Lipinski definition) is 3. The molecular formula is C23H21ClN2O3S. The van der Waals surface area contributed by atoms with Gasteiger partial charge in [-0.3, -0.25) is 9.52 Å². The second-order valence-electron chi connectivity index (χ2n) is 7.49. The minimum Gasteiger partial charge on any atom is -0.326 e. The summed E-state index contributed by atoms with van der Waals surface area (Å²) < 4.78 is 27.5. The van der Waals surface area contributed by atoms with E-state index in [1.165, 1.54) is 0 Å². The summed E-state index contributed by atoms with van der Waals surface area (Å²) in [7, 11) is -3.66. The van der Waals surface area contributed by atoms with Crippen LogP contribution in [-0.4, -0.2) is 14.3 Å². The fourth-order valence-electron chi connectivity index (χ4n) is 3.35. The molecule has 0 bridgehead atoms. The Morgan fingerprint density at radius 3 is 2.13 bits per heavy atom. The SMILES string of the molecule is Cc1ccc(S(=O)(=O)Nc2ccc(NC(=O)C3CC3c3ccc(Cl)cc3)cc2)cc1. The van der Waals surface area contributed by atoms with Gasteiger partial charge in [0.2, 0.25) is 5.91 Å². The highest BCUT2D eigenvalue weighted by atomic mass is 35.5. The zero-order valence-corrected chi connectivity index (χ0v) is 17.9. The number of amides is 1. The molecule has 1 fully saturated rings. The standard InChI is InChI=1S/C23H21ClN2O3S/c1-15-2-12-20(13-3-15)30(28,29)26-19-10-8-18(9-11-19)25-23(27)22-14-21(22)16-4-6-17(24)7-5-16/h2-13,21-22,26H,14H2,1H3,(H,25,27). The molecule has 3 aromatic carbocycles. The molecule has 1 aliphatic rings. The van der Waals surface area contributed by atoms with Gasteiger partial charge in [-0.25, -0.2) is 8.42 Å². The van der Waals surface area contributed by atoms with E-state index in [4.69, 9.17) is 11.6 Å². The molecule has 0 aliphatic heterocycles. The molecule has 30 heavy (non-hydrogen) atoms. The van der Waals surface area contributed by atoms with Gasteiger partial charge in [-0.15, -0.1) is 0 Å². The number of carbonyl (C=O) groups excluding carboxylic acids is 1. The van der Waals surface area contributed by atoms with Crippen molar-refractivity contribution in [3.05, 3.63) is 88.9 Å². The van der Waals surface area contributed by atoms with Crippen LogP contribution in [-0.2, 0) is 14.8 Å². The molecule has 1 amide bonds. The second-order valence-corrected chi connectivity index (χ2v) is 9.60. The van der Waals surface area contributed by atoms with Crippen LogP contribution in [0.2, 0.25) is 5.02 Å². The number of anilines is 2. The zero-order chi connectivity index (χ0) is 21.3. The molecule has 1 aliphatic carbocycles. The van der Waals surface area contributed by atoms with E-state index in [1.54, 1.807) is 48.5 Å². The van der Waals surface area contributed by atoms with Crippen molar-refractivity contribution in [1.29, 1.82) is 0 Å². The highest BCUT2D eigenvalue weighted by Gasteiger charge is 2.43. The van der Waals surface area contributed by atoms with Crippen LogP contribution in [0.3, 0.4) is 0 Å². The lowest BCUT2D eigenvalue weighted by atomic mass is 10.1. The molecular weight excluding hydrogens is 420 g/mol. The van der Waals surface area contributed by atoms with E-state index in [9.17, 15) is 13.2 Å². The zero-order valence-electron chi connectivity index (χ0n) is 16.3. The Hall–Kier alpha value is -2.83. The van der Waals surface area contributed by atoms with E-state index in [0.717, 1.165) is 17.5 Å². The Morgan fingerprint density at radius 1 is 0.900 bits per heavy atom. The number of sulfonamides is 1. The van der Waals surface area contributed by atoms with Crippen LogP contribution >= 0.6 is 11.6 Å². The van der Waals surface area contributed by atoms with E-state index in [2.05, 4.69) is 10.0 Å². The van der Waals surface area contributed by atoms with Gasteiger partial charge in [0.25, 0.3) is 10.0 Å². The van der Waals surface area contributed by atoms with Crippen molar-refractivity contribution in [1.82, 2.24) is 0 Å². The summed E-state index contributed by atoms with van der Waals surface area (Å²) in [6.45, 7) is 1.90. The predicted molar refractivity (Wildman–Crippen MR) is 119 cm³/mol. The van der Waals surface area contributed by atoms with E-state index >= 15 is 0 Å². The van der Waals surface area contributed by atoms with E-state index in [0.29, 0.717) is 16.4 Å². The summed E-state index contributed by atoms with van der Waals surface area (Å²) in [4.78, 5) is 12.7. The third kappa shape index (κ3) is 4.66. The molecule has 2 atom stereocenters. The predicted octanol–water partition coefficient (Wildman–Crippen LogP) is 5.19. The highest BCUT2D eigenvalue weighted by Crippen LogP contribution is 2.48. The maximum Gasteiger partial charge on any atom is 0.261 e. The number of aryl methyl sites for hydroxylation is 1. The monoisotopic (exact) mass is 440 g/mol. The lowest BCUT2D eigenvalue weighted by Gasteiger charge is -2.10. The van der Waals surface area contributed by atoms with Crippen molar-refractivity contribution >= 4 is 38.9 Å². The van der Waals surface area contributed by atoms with Crippen molar-refractivity contribution in [2.45, 2.75) is 24.2 Å². The maximum absolute atomic E-state index is 12.5. The van der Waals surface area contributed by atoms with Crippen LogP contribution in [0.25, 0.3) is 0 Å². The number of nitrogens with one attached hydrogen (secondary N) is 2. The minimum absolute atomic E-state index is 0.0389. The average Bonchev–Trinajstić information content (AvgIpc) is 3.51. The molecule has 4 rings (SSSR count). The van der Waals surface area contributed by atoms with Crippen LogP contribution in [0.4, 0.5) is 11.4 Å². The van der Waals surface area contributed by atoms with Crippen LogP contribution in [0.15, 0.2) is 77.7 Å². The lowest BCUT2D eigenvalue weighted by Crippen LogP contribution is -2.15. The molecule has 1 saturated carbocycles. The molecule has 5 nitrogen and oxygen atoms in total. The smallest absolute Gasteiger partial charge is 0.261 e. The topological polar surface area (TPSA) is 75.3 Å².